The van der Waals surface area contributed by atoms with Crippen molar-refractivity contribution in [2.45, 2.75) is 33.9 Å². The van der Waals surface area contributed by atoms with E-state index in [9.17, 15) is 4.79 Å². The van der Waals surface area contributed by atoms with E-state index in [-0.39, 0.29) is 5.91 Å². The third-order valence-electron chi connectivity index (χ3n) is 5.12. The zero-order valence-electron chi connectivity index (χ0n) is 15.8. The van der Waals surface area contributed by atoms with E-state index in [1.54, 1.807) is 0 Å². The maximum absolute atomic E-state index is 12.9. The molecule has 27 heavy (non-hydrogen) atoms. The van der Waals surface area contributed by atoms with Crippen LogP contribution in [0.15, 0.2) is 48.8 Å². The van der Waals surface area contributed by atoms with Gasteiger partial charge in [0.15, 0.2) is 0 Å². The van der Waals surface area contributed by atoms with Crippen LogP contribution in [0, 0.1) is 12.3 Å². The Kier molecular flexibility index (Phi) is 4.35. The monoisotopic (exact) mass is 382 g/mol. The highest BCUT2D eigenvalue weighted by Crippen LogP contribution is 2.33. The average Bonchev–Trinajstić information content (AvgIpc) is 3.36. The van der Waals surface area contributed by atoms with Crippen LogP contribution in [-0.4, -0.2) is 31.0 Å². The van der Waals surface area contributed by atoms with Gasteiger partial charge in [0, 0.05) is 23.8 Å². The summed E-state index contributed by atoms with van der Waals surface area (Å²) >= 11 is 6.02. The maximum Gasteiger partial charge on any atom is 0.230 e. The molecule has 0 N–H and O–H groups in total. The van der Waals surface area contributed by atoms with Crippen molar-refractivity contribution >= 4 is 17.5 Å². The molecule has 0 aliphatic carbocycles. The van der Waals surface area contributed by atoms with Crippen LogP contribution in [0.2, 0.25) is 0 Å². The number of rotatable bonds is 4. The van der Waals surface area contributed by atoms with E-state index in [2.05, 4.69) is 23.6 Å². The lowest BCUT2D eigenvalue weighted by Crippen LogP contribution is -2.39. The maximum atomic E-state index is 12.9. The zero-order chi connectivity index (χ0) is 19.2. The van der Waals surface area contributed by atoms with Gasteiger partial charge in [-0.3, -0.25) is 4.79 Å². The zero-order valence-corrected chi connectivity index (χ0v) is 16.6. The second-order valence-electron chi connectivity index (χ2n) is 7.72. The molecule has 1 aliphatic heterocycles. The SMILES string of the molecule is Cc1ccccc1-n1nc2c(c1-n1cccc1)CN(C(=O)C(C)(C)CCl)C2. The number of carbonyl (C=O) groups is 1. The van der Waals surface area contributed by atoms with E-state index in [0.717, 1.165) is 28.3 Å². The van der Waals surface area contributed by atoms with Crippen LogP contribution in [0.3, 0.4) is 0 Å². The van der Waals surface area contributed by atoms with Gasteiger partial charge < -0.3 is 9.47 Å². The number of fused-ring (bicyclic) bond motifs is 1. The van der Waals surface area contributed by atoms with E-state index < -0.39 is 5.41 Å². The summed E-state index contributed by atoms with van der Waals surface area (Å²) in [6, 6.07) is 12.2. The van der Waals surface area contributed by atoms with Crippen LogP contribution in [0.5, 0.6) is 0 Å². The van der Waals surface area contributed by atoms with Gasteiger partial charge in [-0.15, -0.1) is 11.6 Å². The van der Waals surface area contributed by atoms with Crippen LogP contribution in [-0.2, 0) is 17.9 Å². The lowest BCUT2D eigenvalue weighted by atomic mass is 9.94. The minimum atomic E-state index is -0.579. The summed E-state index contributed by atoms with van der Waals surface area (Å²) in [7, 11) is 0. The summed E-state index contributed by atoms with van der Waals surface area (Å²) < 4.78 is 4.06. The second-order valence-corrected chi connectivity index (χ2v) is 7.98. The summed E-state index contributed by atoms with van der Waals surface area (Å²) in [5, 5.41) is 4.89. The Hall–Kier alpha value is -2.53. The molecule has 3 aromatic rings. The summed E-state index contributed by atoms with van der Waals surface area (Å²) in [4.78, 5) is 14.7. The number of amides is 1. The summed E-state index contributed by atoms with van der Waals surface area (Å²) in [5.41, 5.74) is 3.66. The first kappa shape index (κ1) is 17.9. The molecule has 6 heteroatoms. The summed E-state index contributed by atoms with van der Waals surface area (Å²) in [6.07, 6.45) is 4.03. The van der Waals surface area contributed by atoms with Gasteiger partial charge in [0.05, 0.1) is 29.9 Å². The van der Waals surface area contributed by atoms with Crippen molar-refractivity contribution in [2.24, 2.45) is 5.41 Å². The Bertz CT molecular complexity index is 988. The predicted octanol–water partition coefficient (Wildman–Crippen LogP) is 4.08. The average molecular weight is 383 g/mol. The predicted molar refractivity (Wildman–Crippen MR) is 106 cm³/mol. The van der Waals surface area contributed by atoms with Gasteiger partial charge in [-0.05, 0) is 44.5 Å². The number of nitrogens with zero attached hydrogens (tertiary/aromatic N) is 4. The third-order valence-corrected chi connectivity index (χ3v) is 5.79. The van der Waals surface area contributed by atoms with Crippen molar-refractivity contribution in [1.29, 1.82) is 0 Å². The normalized spacial score (nSPS) is 13.9. The molecule has 0 bridgehead atoms. The molecule has 1 aliphatic rings. The van der Waals surface area contributed by atoms with Crippen LogP contribution in [0.1, 0.15) is 30.7 Å². The Morgan fingerprint density at radius 3 is 2.52 bits per heavy atom. The topological polar surface area (TPSA) is 43.1 Å². The van der Waals surface area contributed by atoms with Crippen molar-refractivity contribution < 1.29 is 4.79 Å². The lowest BCUT2D eigenvalue weighted by Gasteiger charge is -2.27. The molecule has 1 amide bonds. The van der Waals surface area contributed by atoms with Crippen molar-refractivity contribution in [1.82, 2.24) is 19.2 Å². The molecule has 0 radical (unpaired) electrons. The van der Waals surface area contributed by atoms with Crippen LogP contribution in [0.25, 0.3) is 11.5 Å². The fourth-order valence-electron chi connectivity index (χ4n) is 3.54. The minimum absolute atomic E-state index is 0.0661. The summed E-state index contributed by atoms with van der Waals surface area (Å²) in [5.74, 6) is 1.35. The number of para-hydroxylation sites is 1. The molecule has 5 nitrogen and oxygen atoms in total. The highest BCUT2D eigenvalue weighted by Gasteiger charge is 2.37. The molecule has 3 heterocycles. The van der Waals surface area contributed by atoms with Gasteiger partial charge in [-0.1, -0.05) is 18.2 Å². The molecular formula is C21H23ClN4O. The van der Waals surface area contributed by atoms with E-state index in [1.807, 2.05) is 60.1 Å². The number of aromatic nitrogens is 3. The van der Waals surface area contributed by atoms with Crippen molar-refractivity contribution in [3.8, 4) is 11.5 Å². The number of hydrogen-bond donors (Lipinski definition) is 0. The van der Waals surface area contributed by atoms with Gasteiger partial charge in [0.25, 0.3) is 0 Å². The van der Waals surface area contributed by atoms with Crippen LogP contribution >= 0.6 is 11.6 Å². The van der Waals surface area contributed by atoms with E-state index in [0.29, 0.717) is 19.0 Å². The number of halogens is 1. The number of carbonyl (C=O) groups excluding carboxylic acids is 1. The van der Waals surface area contributed by atoms with Crippen LogP contribution in [0.4, 0.5) is 0 Å². The molecule has 0 unspecified atom stereocenters. The summed E-state index contributed by atoms with van der Waals surface area (Å²) in [6.45, 7) is 6.92. The first-order valence-electron chi connectivity index (χ1n) is 9.08. The molecule has 0 saturated heterocycles. The molecular weight excluding hydrogens is 360 g/mol. The molecule has 0 fully saturated rings. The second kappa shape index (κ2) is 6.57. The number of aryl methyl sites for hydroxylation is 1. The third kappa shape index (κ3) is 2.96. The molecule has 0 saturated carbocycles. The quantitative estimate of drug-likeness (QED) is 0.638. The standard InChI is InChI=1S/C21H23ClN4O/c1-15-8-4-5-9-18(15)26-19(24-10-6-7-11-24)16-12-25(13-17(16)23-26)20(27)21(2,3)14-22/h4-11H,12-14H2,1-3H3. The van der Waals surface area contributed by atoms with Crippen molar-refractivity contribution in [3.63, 3.8) is 0 Å². The minimum Gasteiger partial charge on any atom is -0.332 e. The molecule has 1 aromatic carbocycles. The fraction of sp³-hybridized carbons (Fsp3) is 0.333. The van der Waals surface area contributed by atoms with Crippen molar-refractivity contribution in [2.75, 3.05) is 5.88 Å². The number of benzene rings is 1. The Morgan fingerprint density at radius 2 is 1.85 bits per heavy atom. The number of hydrogen-bond acceptors (Lipinski definition) is 2. The van der Waals surface area contributed by atoms with E-state index in [4.69, 9.17) is 16.7 Å². The number of alkyl halides is 1. The van der Waals surface area contributed by atoms with Crippen LogP contribution < -0.4 is 0 Å². The van der Waals surface area contributed by atoms with Crippen molar-refractivity contribution in [3.05, 3.63) is 65.6 Å². The van der Waals surface area contributed by atoms with E-state index >= 15 is 0 Å². The largest absolute Gasteiger partial charge is 0.332 e. The molecule has 140 valence electrons. The Morgan fingerprint density at radius 1 is 1.15 bits per heavy atom. The highest BCUT2D eigenvalue weighted by molar-refractivity contribution is 6.19. The first-order chi connectivity index (χ1) is 12.9. The van der Waals surface area contributed by atoms with Gasteiger partial charge in [0.1, 0.15) is 5.82 Å². The fourth-order valence-corrected chi connectivity index (χ4v) is 3.65. The smallest absolute Gasteiger partial charge is 0.230 e. The van der Waals surface area contributed by atoms with Gasteiger partial charge >= 0.3 is 0 Å². The molecule has 4 rings (SSSR count). The lowest BCUT2D eigenvalue weighted by molar-refractivity contribution is -0.139. The van der Waals surface area contributed by atoms with Gasteiger partial charge in [0.2, 0.25) is 5.91 Å². The molecule has 0 atom stereocenters. The Labute approximate surface area is 164 Å². The highest BCUT2D eigenvalue weighted by atomic mass is 35.5. The first-order valence-corrected chi connectivity index (χ1v) is 9.61. The molecule has 0 spiro atoms. The van der Waals surface area contributed by atoms with E-state index in [1.165, 1.54) is 0 Å². The van der Waals surface area contributed by atoms with Gasteiger partial charge in [-0.2, -0.15) is 5.10 Å². The molecule has 2 aromatic heterocycles. The Balaban J connectivity index is 1.79. The van der Waals surface area contributed by atoms with Gasteiger partial charge in [-0.25, -0.2) is 4.68 Å².